The molecule has 0 heterocycles. The number of nitrogens with zero attached hydrogens (tertiary/aromatic N) is 1. The number of anilines is 1. The minimum absolute atomic E-state index is 0.210. The highest BCUT2D eigenvalue weighted by Gasteiger charge is 2.16. The molecule has 4 nitrogen and oxygen atoms in total. The van der Waals surface area contributed by atoms with Crippen LogP contribution in [0.3, 0.4) is 0 Å². The molecule has 0 radical (unpaired) electrons. The van der Waals surface area contributed by atoms with Crippen molar-refractivity contribution in [3.63, 3.8) is 0 Å². The van der Waals surface area contributed by atoms with Crippen LogP contribution in [0.25, 0.3) is 0 Å². The zero-order chi connectivity index (χ0) is 16.1. The summed E-state index contributed by atoms with van der Waals surface area (Å²) in [6.07, 6.45) is -0.632. The highest BCUT2D eigenvalue weighted by molar-refractivity contribution is 5.94. The first-order valence-electron chi connectivity index (χ1n) is 7.05. The average molecular weight is 294 g/mol. The zero-order valence-corrected chi connectivity index (χ0v) is 12.9. The van der Waals surface area contributed by atoms with E-state index in [1.807, 2.05) is 38.1 Å². The quantitative estimate of drug-likeness (QED) is 0.937. The Bertz CT molecular complexity index is 715. The van der Waals surface area contributed by atoms with Gasteiger partial charge in [-0.3, -0.25) is 4.79 Å². The van der Waals surface area contributed by atoms with E-state index in [0.717, 1.165) is 16.8 Å². The number of amides is 1. The van der Waals surface area contributed by atoms with Gasteiger partial charge in [-0.05, 0) is 62.2 Å². The van der Waals surface area contributed by atoms with Crippen LogP contribution in [0.2, 0.25) is 0 Å². The van der Waals surface area contributed by atoms with Gasteiger partial charge in [0.25, 0.3) is 5.91 Å². The van der Waals surface area contributed by atoms with Crippen molar-refractivity contribution in [2.24, 2.45) is 0 Å². The predicted molar refractivity (Wildman–Crippen MR) is 85.8 cm³/mol. The van der Waals surface area contributed by atoms with Crippen LogP contribution in [0.1, 0.15) is 23.6 Å². The van der Waals surface area contributed by atoms with Crippen LogP contribution in [0.5, 0.6) is 5.75 Å². The summed E-state index contributed by atoms with van der Waals surface area (Å²) in [4.78, 5) is 12.2. The number of hydrogen-bond acceptors (Lipinski definition) is 3. The Balaban J connectivity index is 2.02. The number of hydrogen-bond donors (Lipinski definition) is 1. The second-order valence-corrected chi connectivity index (χ2v) is 5.13. The zero-order valence-electron chi connectivity index (χ0n) is 12.9. The lowest BCUT2D eigenvalue weighted by atomic mass is 10.1. The summed E-state index contributed by atoms with van der Waals surface area (Å²) in [5.41, 5.74) is 3.51. The van der Waals surface area contributed by atoms with E-state index < -0.39 is 6.10 Å². The van der Waals surface area contributed by atoms with Crippen LogP contribution in [-0.2, 0) is 4.79 Å². The van der Waals surface area contributed by atoms with E-state index in [1.165, 1.54) is 0 Å². The van der Waals surface area contributed by atoms with Crippen molar-refractivity contribution < 1.29 is 9.53 Å². The van der Waals surface area contributed by atoms with E-state index in [1.54, 1.807) is 31.2 Å². The fraction of sp³-hybridized carbons (Fsp3) is 0.222. The molecule has 0 fully saturated rings. The van der Waals surface area contributed by atoms with Crippen molar-refractivity contribution in [2.45, 2.75) is 26.9 Å². The number of benzene rings is 2. The van der Waals surface area contributed by atoms with Crippen LogP contribution >= 0.6 is 0 Å². The van der Waals surface area contributed by atoms with E-state index in [4.69, 9.17) is 10.00 Å². The van der Waals surface area contributed by atoms with Crippen molar-refractivity contribution in [2.75, 3.05) is 5.32 Å². The largest absolute Gasteiger partial charge is 0.481 e. The lowest BCUT2D eigenvalue weighted by molar-refractivity contribution is -0.122. The van der Waals surface area contributed by atoms with Gasteiger partial charge in [0.05, 0.1) is 11.6 Å². The summed E-state index contributed by atoms with van der Waals surface area (Å²) < 4.78 is 5.60. The lowest BCUT2D eigenvalue weighted by Crippen LogP contribution is -2.30. The van der Waals surface area contributed by atoms with E-state index in [2.05, 4.69) is 5.32 Å². The van der Waals surface area contributed by atoms with E-state index in [0.29, 0.717) is 11.3 Å². The van der Waals surface area contributed by atoms with Crippen LogP contribution in [0.15, 0.2) is 42.5 Å². The number of nitrogens with one attached hydrogen (secondary N) is 1. The maximum Gasteiger partial charge on any atom is 0.265 e. The number of rotatable bonds is 4. The summed E-state index contributed by atoms with van der Waals surface area (Å²) in [6, 6.07) is 14.5. The summed E-state index contributed by atoms with van der Waals surface area (Å²) in [6.45, 7) is 5.66. The van der Waals surface area contributed by atoms with Gasteiger partial charge in [0, 0.05) is 5.69 Å². The van der Waals surface area contributed by atoms with Gasteiger partial charge in [-0.1, -0.05) is 12.1 Å². The standard InChI is InChI=1S/C18H18N2O2/c1-12-5-4-6-17(13(12)2)20-18(21)14(3)22-16-9-7-15(11-19)8-10-16/h4-10,14H,1-3H3,(H,20,21). The Morgan fingerprint density at radius 3 is 2.50 bits per heavy atom. The number of nitriles is 1. The molecule has 0 aliphatic carbocycles. The molecule has 1 amide bonds. The molecule has 0 aliphatic rings. The number of aryl methyl sites for hydroxylation is 1. The first-order chi connectivity index (χ1) is 10.5. The first-order valence-corrected chi connectivity index (χ1v) is 7.05. The first kappa shape index (κ1) is 15.6. The molecule has 1 unspecified atom stereocenters. The van der Waals surface area contributed by atoms with E-state index >= 15 is 0 Å². The lowest BCUT2D eigenvalue weighted by Gasteiger charge is -2.16. The van der Waals surface area contributed by atoms with Crippen molar-refractivity contribution >= 4 is 11.6 Å². The second kappa shape index (κ2) is 6.77. The normalized spacial score (nSPS) is 11.4. The molecule has 4 heteroatoms. The van der Waals surface area contributed by atoms with Crippen LogP contribution in [-0.4, -0.2) is 12.0 Å². The second-order valence-electron chi connectivity index (χ2n) is 5.13. The molecule has 22 heavy (non-hydrogen) atoms. The van der Waals surface area contributed by atoms with Gasteiger partial charge in [-0.2, -0.15) is 5.26 Å². The number of carbonyl (C=O) groups is 1. The van der Waals surface area contributed by atoms with Gasteiger partial charge in [0.1, 0.15) is 5.75 Å². The summed E-state index contributed by atoms with van der Waals surface area (Å²) in [5.74, 6) is 0.348. The summed E-state index contributed by atoms with van der Waals surface area (Å²) >= 11 is 0. The van der Waals surface area contributed by atoms with Gasteiger partial charge in [-0.25, -0.2) is 0 Å². The highest BCUT2D eigenvalue weighted by atomic mass is 16.5. The molecule has 0 saturated heterocycles. The number of carbonyl (C=O) groups excluding carboxylic acids is 1. The van der Waals surface area contributed by atoms with Crippen molar-refractivity contribution in [3.05, 3.63) is 59.2 Å². The third kappa shape index (κ3) is 3.64. The summed E-state index contributed by atoms with van der Waals surface area (Å²) in [5, 5.41) is 11.6. The molecular formula is C18H18N2O2. The molecule has 0 aromatic heterocycles. The van der Waals surface area contributed by atoms with E-state index in [-0.39, 0.29) is 5.91 Å². The topological polar surface area (TPSA) is 62.1 Å². The Morgan fingerprint density at radius 1 is 1.18 bits per heavy atom. The number of ether oxygens (including phenoxy) is 1. The molecular weight excluding hydrogens is 276 g/mol. The molecule has 1 atom stereocenters. The highest BCUT2D eigenvalue weighted by Crippen LogP contribution is 2.19. The van der Waals surface area contributed by atoms with Gasteiger partial charge >= 0.3 is 0 Å². The molecule has 2 aromatic rings. The Hall–Kier alpha value is -2.80. The van der Waals surface area contributed by atoms with E-state index in [9.17, 15) is 4.79 Å². The maximum absolute atomic E-state index is 12.2. The molecule has 1 N–H and O–H groups in total. The fourth-order valence-corrected chi connectivity index (χ4v) is 1.99. The average Bonchev–Trinajstić information content (AvgIpc) is 2.52. The Kier molecular flexibility index (Phi) is 4.80. The molecule has 112 valence electrons. The van der Waals surface area contributed by atoms with Gasteiger partial charge in [0.15, 0.2) is 6.10 Å². The molecule has 0 saturated carbocycles. The van der Waals surface area contributed by atoms with Crippen LogP contribution in [0, 0.1) is 25.2 Å². The minimum atomic E-state index is -0.632. The maximum atomic E-state index is 12.2. The minimum Gasteiger partial charge on any atom is -0.481 e. The fourth-order valence-electron chi connectivity index (χ4n) is 1.99. The van der Waals surface area contributed by atoms with Crippen molar-refractivity contribution in [1.82, 2.24) is 0 Å². The monoisotopic (exact) mass is 294 g/mol. The van der Waals surface area contributed by atoms with Gasteiger partial charge in [-0.15, -0.1) is 0 Å². The Labute approximate surface area is 130 Å². The molecule has 0 aliphatic heterocycles. The van der Waals surface area contributed by atoms with Crippen LogP contribution < -0.4 is 10.1 Å². The molecule has 0 spiro atoms. The molecule has 2 aromatic carbocycles. The Morgan fingerprint density at radius 2 is 1.86 bits per heavy atom. The third-order valence-electron chi connectivity index (χ3n) is 3.53. The van der Waals surface area contributed by atoms with Gasteiger partial charge < -0.3 is 10.1 Å². The molecule has 2 rings (SSSR count). The third-order valence-corrected chi connectivity index (χ3v) is 3.53. The van der Waals surface area contributed by atoms with Crippen LogP contribution in [0.4, 0.5) is 5.69 Å². The van der Waals surface area contributed by atoms with Gasteiger partial charge in [0.2, 0.25) is 0 Å². The SMILES string of the molecule is Cc1cccc(NC(=O)C(C)Oc2ccc(C#N)cc2)c1C. The molecule has 0 bridgehead atoms. The van der Waals surface area contributed by atoms with Crippen molar-refractivity contribution in [3.8, 4) is 11.8 Å². The predicted octanol–water partition coefficient (Wildman–Crippen LogP) is 3.58. The van der Waals surface area contributed by atoms with Crippen molar-refractivity contribution in [1.29, 1.82) is 5.26 Å². The smallest absolute Gasteiger partial charge is 0.265 e. The summed E-state index contributed by atoms with van der Waals surface area (Å²) in [7, 11) is 0.